The van der Waals surface area contributed by atoms with Gasteiger partial charge >= 0.3 is 6.03 Å². The molecule has 0 aliphatic carbocycles. The lowest BCUT2D eigenvalue weighted by atomic mass is 10.1. The summed E-state index contributed by atoms with van der Waals surface area (Å²) in [5.41, 5.74) is 1.59. The average molecular weight is 459 g/mol. The molecule has 1 heterocycles. The van der Waals surface area contributed by atoms with Crippen LogP contribution in [0.4, 0.5) is 21.9 Å². The number of ether oxygens (including phenoxy) is 2. The highest BCUT2D eigenvalue weighted by Crippen LogP contribution is 2.30. The number of benzene rings is 2. The third-order valence-electron chi connectivity index (χ3n) is 4.91. The molecule has 0 saturated heterocycles. The minimum atomic E-state index is -0.807. The highest BCUT2D eigenvalue weighted by molar-refractivity contribution is 7.98. The molecule has 0 fully saturated rings. The number of carbonyl (C=O) groups excluding carboxylic acids is 3. The number of anilines is 3. The number of methoxy groups -OCH3 is 2. The second kappa shape index (κ2) is 10.8. The first-order valence-corrected chi connectivity index (χ1v) is 11.3. The van der Waals surface area contributed by atoms with E-state index in [2.05, 4.69) is 16.0 Å². The van der Waals surface area contributed by atoms with Gasteiger partial charge in [-0.25, -0.2) is 4.79 Å². The maximum absolute atomic E-state index is 13.1. The minimum Gasteiger partial charge on any atom is -0.497 e. The van der Waals surface area contributed by atoms with E-state index in [0.29, 0.717) is 40.7 Å². The fourth-order valence-electron chi connectivity index (χ4n) is 3.27. The van der Waals surface area contributed by atoms with Crippen molar-refractivity contribution in [3.63, 3.8) is 0 Å². The molecule has 2 aromatic carbocycles. The number of fused-ring (bicyclic) bond motifs is 1. The van der Waals surface area contributed by atoms with Gasteiger partial charge in [0.25, 0.3) is 0 Å². The van der Waals surface area contributed by atoms with Crippen LogP contribution in [0.1, 0.15) is 6.42 Å². The molecule has 2 aromatic rings. The summed E-state index contributed by atoms with van der Waals surface area (Å²) in [5, 5.41) is 8.34. The van der Waals surface area contributed by atoms with Crippen LogP contribution < -0.4 is 30.3 Å². The summed E-state index contributed by atoms with van der Waals surface area (Å²) in [6.07, 6.45) is 2.34. The van der Waals surface area contributed by atoms with Crippen molar-refractivity contribution < 1.29 is 23.9 Å². The van der Waals surface area contributed by atoms with E-state index in [9.17, 15) is 14.4 Å². The number of para-hydroxylation sites is 2. The number of urea groups is 1. The van der Waals surface area contributed by atoms with Crippen molar-refractivity contribution in [2.45, 2.75) is 12.5 Å². The molecular weight excluding hydrogens is 432 g/mol. The van der Waals surface area contributed by atoms with Gasteiger partial charge in [-0.3, -0.25) is 14.5 Å². The van der Waals surface area contributed by atoms with Gasteiger partial charge in [-0.2, -0.15) is 11.8 Å². The van der Waals surface area contributed by atoms with E-state index in [-0.39, 0.29) is 18.4 Å². The third kappa shape index (κ3) is 5.44. The average Bonchev–Trinajstić information content (AvgIpc) is 2.81. The van der Waals surface area contributed by atoms with E-state index in [4.69, 9.17) is 9.47 Å². The van der Waals surface area contributed by atoms with E-state index in [1.165, 1.54) is 12.0 Å². The van der Waals surface area contributed by atoms with Crippen LogP contribution in [0, 0.1) is 0 Å². The van der Waals surface area contributed by atoms with Crippen molar-refractivity contribution in [1.29, 1.82) is 0 Å². The number of rotatable bonds is 8. The number of carbonyl (C=O) groups is 3. The van der Waals surface area contributed by atoms with Gasteiger partial charge in [0.2, 0.25) is 11.8 Å². The fourth-order valence-corrected chi connectivity index (χ4v) is 3.74. The Balaban J connectivity index is 1.77. The van der Waals surface area contributed by atoms with E-state index in [1.807, 2.05) is 6.26 Å². The van der Waals surface area contributed by atoms with Gasteiger partial charge < -0.3 is 25.4 Å². The summed E-state index contributed by atoms with van der Waals surface area (Å²) < 4.78 is 10.5. The van der Waals surface area contributed by atoms with E-state index in [0.717, 1.165) is 0 Å². The Bertz CT molecular complexity index is 1000. The predicted molar refractivity (Wildman–Crippen MR) is 126 cm³/mol. The Labute approximate surface area is 190 Å². The molecule has 10 heteroatoms. The van der Waals surface area contributed by atoms with Crippen LogP contribution >= 0.6 is 11.8 Å². The van der Waals surface area contributed by atoms with Gasteiger partial charge in [-0.15, -0.1) is 0 Å². The SMILES string of the molecule is COc1ccc(NC(=O)[C@H](CCSC)NC(=O)N2CC(=O)Nc3ccccc32)c(OC)c1. The standard InChI is InChI=1S/C22H26N4O5S/c1-30-14-8-9-16(19(12-14)31-2)24-21(28)17(10-11-32-3)25-22(29)26-13-20(27)23-15-6-4-5-7-18(15)26/h4-9,12,17H,10-11,13H2,1-3H3,(H,23,27)(H,24,28)(H,25,29)/t17-/m0/s1. The third-order valence-corrected chi connectivity index (χ3v) is 5.55. The molecule has 0 bridgehead atoms. The lowest BCUT2D eigenvalue weighted by molar-refractivity contribution is -0.118. The lowest BCUT2D eigenvalue weighted by Crippen LogP contribution is -2.53. The van der Waals surface area contributed by atoms with Gasteiger partial charge in [0.1, 0.15) is 24.1 Å². The number of nitrogens with zero attached hydrogens (tertiary/aromatic N) is 1. The van der Waals surface area contributed by atoms with Crippen LogP contribution in [0.25, 0.3) is 0 Å². The molecule has 0 spiro atoms. The van der Waals surface area contributed by atoms with E-state index >= 15 is 0 Å². The first-order valence-electron chi connectivity index (χ1n) is 9.95. The van der Waals surface area contributed by atoms with Gasteiger partial charge in [-0.05, 0) is 42.7 Å². The molecule has 3 rings (SSSR count). The van der Waals surface area contributed by atoms with Crippen molar-refractivity contribution in [2.24, 2.45) is 0 Å². The van der Waals surface area contributed by atoms with Crippen LogP contribution in [0.2, 0.25) is 0 Å². The molecule has 170 valence electrons. The summed E-state index contributed by atoms with van der Waals surface area (Å²) in [6, 6.07) is 10.7. The maximum Gasteiger partial charge on any atom is 0.323 e. The highest BCUT2D eigenvalue weighted by Gasteiger charge is 2.30. The van der Waals surface area contributed by atoms with Crippen molar-refractivity contribution in [2.75, 3.05) is 48.3 Å². The van der Waals surface area contributed by atoms with Gasteiger partial charge in [-0.1, -0.05) is 12.1 Å². The Morgan fingerprint density at radius 1 is 1.19 bits per heavy atom. The van der Waals surface area contributed by atoms with Crippen molar-refractivity contribution in [1.82, 2.24) is 5.32 Å². The second-order valence-corrected chi connectivity index (χ2v) is 7.98. The van der Waals surface area contributed by atoms with Crippen molar-refractivity contribution >= 4 is 46.7 Å². The number of hydrogen-bond donors (Lipinski definition) is 3. The van der Waals surface area contributed by atoms with Crippen LogP contribution in [-0.2, 0) is 9.59 Å². The lowest BCUT2D eigenvalue weighted by Gasteiger charge is -2.30. The summed E-state index contributed by atoms with van der Waals surface area (Å²) in [6.45, 7) is -0.133. The van der Waals surface area contributed by atoms with Gasteiger partial charge in [0, 0.05) is 6.07 Å². The van der Waals surface area contributed by atoms with Crippen LogP contribution in [0.5, 0.6) is 11.5 Å². The molecule has 0 unspecified atom stereocenters. The van der Waals surface area contributed by atoms with Crippen LogP contribution in [-0.4, -0.2) is 56.7 Å². The maximum atomic E-state index is 13.1. The molecule has 1 aliphatic rings. The summed E-state index contributed by atoms with van der Waals surface area (Å²) in [7, 11) is 3.04. The number of amides is 4. The largest absolute Gasteiger partial charge is 0.497 e. The molecule has 32 heavy (non-hydrogen) atoms. The first kappa shape index (κ1) is 23.3. The molecule has 4 amide bonds. The Morgan fingerprint density at radius 3 is 2.69 bits per heavy atom. The molecule has 0 saturated carbocycles. The fraction of sp³-hybridized carbons (Fsp3) is 0.318. The Morgan fingerprint density at radius 2 is 1.97 bits per heavy atom. The topological polar surface area (TPSA) is 109 Å². The number of hydrogen-bond acceptors (Lipinski definition) is 6. The summed E-state index contributed by atoms with van der Waals surface area (Å²) in [4.78, 5) is 39.5. The molecule has 9 nitrogen and oxygen atoms in total. The molecule has 1 atom stereocenters. The zero-order valence-electron chi connectivity index (χ0n) is 18.1. The first-order chi connectivity index (χ1) is 15.5. The summed E-state index contributed by atoms with van der Waals surface area (Å²) in [5.74, 6) is 1.01. The van der Waals surface area contributed by atoms with Gasteiger partial charge in [0.05, 0.1) is 31.3 Å². The zero-order valence-corrected chi connectivity index (χ0v) is 19.0. The van der Waals surface area contributed by atoms with E-state index < -0.39 is 12.1 Å². The second-order valence-electron chi connectivity index (χ2n) is 6.99. The molecular formula is C22H26N4O5S. The van der Waals surface area contributed by atoms with E-state index in [1.54, 1.807) is 61.3 Å². The summed E-state index contributed by atoms with van der Waals surface area (Å²) >= 11 is 1.57. The van der Waals surface area contributed by atoms with Crippen LogP contribution in [0.3, 0.4) is 0 Å². The normalized spacial score (nSPS) is 13.5. The quantitative estimate of drug-likeness (QED) is 0.561. The van der Waals surface area contributed by atoms with Gasteiger partial charge in [0.15, 0.2) is 0 Å². The number of thioether (sulfide) groups is 1. The molecule has 1 aliphatic heterocycles. The monoisotopic (exact) mass is 458 g/mol. The van der Waals surface area contributed by atoms with Crippen LogP contribution in [0.15, 0.2) is 42.5 Å². The van der Waals surface area contributed by atoms with Crippen molar-refractivity contribution in [3.8, 4) is 11.5 Å². The molecule has 3 N–H and O–H groups in total. The Hall–Kier alpha value is -3.40. The predicted octanol–water partition coefficient (Wildman–Crippen LogP) is 2.93. The van der Waals surface area contributed by atoms with Crippen molar-refractivity contribution in [3.05, 3.63) is 42.5 Å². The Kier molecular flexibility index (Phi) is 7.82. The molecule has 0 radical (unpaired) electrons. The smallest absolute Gasteiger partial charge is 0.323 e. The number of nitrogens with one attached hydrogen (secondary N) is 3. The highest BCUT2D eigenvalue weighted by atomic mass is 32.2. The molecule has 0 aromatic heterocycles. The zero-order chi connectivity index (χ0) is 23.1. The minimum absolute atomic E-state index is 0.133.